The van der Waals surface area contributed by atoms with Crippen molar-refractivity contribution in [1.29, 1.82) is 0 Å². The number of ether oxygens (including phenoxy) is 1. The van der Waals surface area contributed by atoms with Crippen LogP contribution >= 0.6 is 0 Å². The minimum atomic E-state index is -4.91. The fraction of sp³-hybridized carbons (Fsp3) is 1.00. The predicted octanol–water partition coefficient (Wildman–Crippen LogP) is -3.39. The second kappa shape index (κ2) is 4.89. The van der Waals surface area contributed by atoms with E-state index in [1.165, 1.54) is 0 Å². The van der Waals surface area contributed by atoms with Crippen LogP contribution in [0.5, 0.6) is 0 Å². The van der Waals surface area contributed by atoms with Crippen molar-refractivity contribution in [2.45, 2.75) is 30.7 Å². The molecule has 0 saturated carbocycles. The van der Waals surface area contributed by atoms with Gasteiger partial charge in [0, 0.05) is 0 Å². The van der Waals surface area contributed by atoms with E-state index in [1.807, 2.05) is 0 Å². The molecule has 0 aliphatic carbocycles. The predicted molar refractivity (Wildman–Crippen MR) is 46.4 cm³/mol. The molecule has 0 aromatic carbocycles. The van der Waals surface area contributed by atoms with Gasteiger partial charge in [-0.15, -0.1) is 0 Å². The second-order valence-electron chi connectivity index (χ2n) is 3.26. The number of hydrogen-bond donors (Lipinski definition) is 5. The van der Waals surface area contributed by atoms with E-state index in [1.54, 1.807) is 0 Å². The molecule has 1 unspecified atom stereocenters. The van der Waals surface area contributed by atoms with Crippen LogP contribution in [0.1, 0.15) is 0 Å². The molecule has 9 nitrogen and oxygen atoms in total. The molecule has 1 saturated heterocycles. The highest BCUT2D eigenvalue weighted by molar-refractivity contribution is 7.80. The Morgan fingerprint density at radius 2 is 1.81 bits per heavy atom. The van der Waals surface area contributed by atoms with Gasteiger partial charge in [-0.2, -0.15) is 8.42 Å². The Balaban J connectivity index is 2.67. The Hall–Kier alpha value is -0.330. The van der Waals surface area contributed by atoms with Gasteiger partial charge in [0.2, 0.25) is 6.29 Å². The first-order valence-electron chi connectivity index (χ1n) is 4.22. The molecule has 5 atom stereocenters. The summed E-state index contributed by atoms with van der Waals surface area (Å²) in [4.78, 5) is 0. The van der Waals surface area contributed by atoms with Crippen LogP contribution in [-0.4, -0.2) is 70.7 Å². The van der Waals surface area contributed by atoms with E-state index in [0.29, 0.717) is 0 Å². The first-order chi connectivity index (χ1) is 7.22. The average Bonchev–Trinajstić information content (AvgIpc) is 2.11. The van der Waals surface area contributed by atoms with Gasteiger partial charge in [-0.05, 0) is 0 Å². The van der Waals surface area contributed by atoms with Crippen molar-refractivity contribution < 1.29 is 42.3 Å². The molecule has 1 aliphatic rings. The summed E-state index contributed by atoms with van der Waals surface area (Å²) >= 11 is 0. The maximum Gasteiger partial charge on any atom is 0.399 e. The van der Waals surface area contributed by atoms with E-state index in [4.69, 9.17) is 14.8 Å². The Bertz CT molecular complexity index is 327. The molecular weight excluding hydrogens is 248 g/mol. The van der Waals surface area contributed by atoms with E-state index in [9.17, 15) is 18.6 Å². The number of hydrogen-bond acceptors (Lipinski definition) is 8. The van der Waals surface area contributed by atoms with Crippen molar-refractivity contribution in [2.75, 3.05) is 6.61 Å². The maximum atomic E-state index is 10.3. The SMILES string of the molecule is O=S(=O)(O)OC(O)[C@H]1OC[C@H](O)[C@@H](O)[C@@H]1O. The number of rotatable bonds is 3. The van der Waals surface area contributed by atoms with E-state index < -0.39 is 47.7 Å². The first-order valence-corrected chi connectivity index (χ1v) is 5.58. The third-order valence-corrected chi connectivity index (χ3v) is 2.48. The Kier molecular flexibility index (Phi) is 4.20. The van der Waals surface area contributed by atoms with Crippen LogP contribution in [0.15, 0.2) is 0 Å². The zero-order valence-corrected chi connectivity index (χ0v) is 8.69. The Morgan fingerprint density at radius 3 is 2.31 bits per heavy atom. The van der Waals surface area contributed by atoms with Crippen LogP contribution in [0.3, 0.4) is 0 Å². The lowest BCUT2D eigenvalue weighted by atomic mass is 10.00. The molecular formula is C6H12O9S. The fourth-order valence-corrected chi connectivity index (χ4v) is 1.62. The van der Waals surface area contributed by atoms with Crippen molar-refractivity contribution in [3.63, 3.8) is 0 Å². The molecule has 10 heteroatoms. The van der Waals surface area contributed by atoms with Crippen molar-refractivity contribution in [1.82, 2.24) is 0 Å². The van der Waals surface area contributed by atoms with Crippen LogP contribution < -0.4 is 0 Å². The topological polar surface area (TPSA) is 154 Å². The molecule has 0 bridgehead atoms. The monoisotopic (exact) mass is 260 g/mol. The Morgan fingerprint density at radius 1 is 1.25 bits per heavy atom. The van der Waals surface area contributed by atoms with Crippen LogP contribution in [0.4, 0.5) is 0 Å². The minimum absolute atomic E-state index is 0.422. The van der Waals surface area contributed by atoms with Crippen LogP contribution in [0.25, 0.3) is 0 Å². The summed E-state index contributed by atoms with van der Waals surface area (Å²) in [6.45, 7) is -0.422. The molecule has 1 heterocycles. The lowest BCUT2D eigenvalue weighted by Gasteiger charge is -2.36. The van der Waals surface area contributed by atoms with Gasteiger partial charge in [0.15, 0.2) is 0 Å². The van der Waals surface area contributed by atoms with Crippen molar-refractivity contribution in [3.05, 3.63) is 0 Å². The Labute approximate surface area is 90.8 Å². The molecule has 0 aromatic rings. The maximum absolute atomic E-state index is 10.3. The van der Waals surface area contributed by atoms with Crippen LogP contribution in [-0.2, 0) is 19.3 Å². The summed E-state index contributed by atoms with van der Waals surface area (Å²) in [5, 5.41) is 36.7. The van der Waals surface area contributed by atoms with Crippen molar-refractivity contribution >= 4 is 10.4 Å². The molecule has 1 aliphatic heterocycles. The van der Waals surface area contributed by atoms with E-state index >= 15 is 0 Å². The smallest absolute Gasteiger partial charge is 0.388 e. The van der Waals surface area contributed by atoms with Crippen LogP contribution in [0, 0.1) is 0 Å². The quantitative estimate of drug-likeness (QED) is 0.258. The molecule has 96 valence electrons. The highest BCUT2D eigenvalue weighted by Gasteiger charge is 2.42. The van der Waals surface area contributed by atoms with E-state index in [0.717, 1.165) is 0 Å². The summed E-state index contributed by atoms with van der Waals surface area (Å²) in [6.07, 6.45) is -8.50. The molecule has 0 radical (unpaired) electrons. The van der Waals surface area contributed by atoms with Crippen molar-refractivity contribution in [3.8, 4) is 0 Å². The average molecular weight is 260 g/mol. The molecule has 0 spiro atoms. The van der Waals surface area contributed by atoms with Gasteiger partial charge in [-0.25, -0.2) is 4.18 Å². The normalized spacial score (nSPS) is 38.3. The summed E-state index contributed by atoms with van der Waals surface area (Å²) in [5.74, 6) is 0. The molecule has 0 amide bonds. The third-order valence-electron chi connectivity index (χ3n) is 2.04. The molecule has 1 fully saturated rings. The van der Waals surface area contributed by atoms with Gasteiger partial charge in [0.05, 0.1) is 6.61 Å². The van der Waals surface area contributed by atoms with Gasteiger partial charge in [0.25, 0.3) is 0 Å². The zero-order valence-electron chi connectivity index (χ0n) is 7.87. The molecule has 16 heavy (non-hydrogen) atoms. The standard InChI is InChI=1S/C6H12O9S/c7-2-1-14-5(4(9)3(2)8)6(10)15-16(11,12)13/h2-10H,1H2,(H,11,12,13)/t2-,3+,4-,5-,6?/m0/s1. The second-order valence-corrected chi connectivity index (χ2v) is 4.31. The first kappa shape index (κ1) is 13.7. The minimum Gasteiger partial charge on any atom is -0.388 e. The van der Waals surface area contributed by atoms with Gasteiger partial charge in [-0.3, -0.25) is 4.55 Å². The van der Waals surface area contributed by atoms with E-state index in [-0.39, 0.29) is 0 Å². The number of aliphatic hydroxyl groups is 4. The van der Waals surface area contributed by atoms with Crippen LogP contribution in [0.2, 0.25) is 0 Å². The summed E-state index contributed by atoms with van der Waals surface area (Å²) in [7, 11) is -4.91. The van der Waals surface area contributed by atoms with Gasteiger partial charge in [0.1, 0.15) is 24.4 Å². The summed E-state index contributed by atoms with van der Waals surface area (Å²) in [6, 6.07) is 0. The largest absolute Gasteiger partial charge is 0.399 e. The molecule has 5 N–H and O–H groups in total. The fourth-order valence-electron chi connectivity index (χ4n) is 1.26. The summed E-state index contributed by atoms with van der Waals surface area (Å²) in [5.41, 5.74) is 0. The zero-order chi connectivity index (χ0) is 12.5. The van der Waals surface area contributed by atoms with Gasteiger partial charge < -0.3 is 25.2 Å². The third kappa shape index (κ3) is 3.33. The lowest BCUT2D eigenvalue weighted by Crippen LogP contribution is -2.57. The van der Waals surface area contributed by atoms with Gasteiger partial charge in [-0.1, -0.05) is 0 Å². The summed E-state index contributed by atoms with van der Waals surface area (Å²) < 4.78 is 37.2. The van der Waals surface area contributed by atoms with Gasteiger partial charge >= 0.3 is 10.4 Å². The molecule has 1 rings (SSSR count). The van der Waals surface area contributed by atoms with E-state index in [2.05, 4.69) is 8.92 Å². The number of aliphatic hydroxyl groups excluding tert-OH is 4. The molecule has 0 aromatic heterocycles. The highest BCUT2D eigenvalue weighted by atomic mass is 32.3. The highest BCUT2D eigenvalue weighted by Crippen LogP contribution is 2.19. The lowest BCUT2D eigenvalue weighted by molar-refractivity contribution is -0.240. The van der Waals surface area contributed by atoms with Crippen molar-refractivity contribution in [2.24, 2.45) is 0 Å².